The van der Waals surface area contributed by atoms with Crippen molar-refractivity contribution < 1.29 is 9.53 Å². The second-order valence-corrected chi connectivity index (χ2v) is 3.53. The predicted octanol–water partition coefficient (Wildman–Crippen LogP) is 2.28. The van der Waals surface area contributed by atoms with Crippen molar-refractivity contribution in [3.8, 4) is 0 Å². The van der Waals surface area contributed by atoms with Crippen molar-refractivity contribution >= 4 is 11.7 Å². The van der Waals surface area contributed by atoms with Crippen LogP contribution in [0.15, 0.2) is 18.2 Å². The molecular weight excluding hydrogens is 204 g/mol. The Morgan fingerprint density at radius 2 is 2.19 bits per heavy atom. The maximum absolute atomic E-state index is 11.5. The van der Waals surface area contributed by atoms with Crippen LogP contribution in [0, 0.1) is 6.92 Å². The second kappa shape index (κ2) is 6.12. The molecule has 0 aromatic heterocycles. The first-order chi connectivity index (χ1) is 7.69. The summed E-state index contributed by atoms with van der Waals surface area (Å²) < 4.78 is 4.77. The van der Waals surface area contributed by atoms with Crippen LogP contribution in [0.4, 0.5) is 10.5 Å². The van der Waals surface area contributed by atoms with Crippen molar-refractivity contribution in [2.75, 3.05) is 19.2 Å². The Kier molecular flexibility index (Phi) is 4.79. The SMILES string of the molecule is CCc1cccc(C)c1NC(=O)NCOC. The fourth-order valence-corrected chi connectivity index (χ4v) is 1.50. The van der Waals surface area contributed by atoms with Crippen molar-refractivity contribution in [3.05, 3.63) is 29.3 Å². The summed E-state index contributed by atoms with van der Waals surface area (Å²) in [6.07, 6.45) is 0.890. The minimum atomic E-state index is -0.245. The quantitative estimate of drug-likeness (QED) is 0.768. The molecule has 4 nitrogen and oxygen atoms in total. The number of rotatable bonds is 4. The van der Waals surface area contributed by atoms with Gasteiger partial charge in [-0.3, -0.25) is 0 Å². The monoisotopic (exact) mass is 222 g/mol. The molecule has 1 rings (SSSR count). The first-order valence-corrected chi connectivity index (χ1v) is 5.31. The van der Waals surface area contributed by atoms with Gasteiger partial charge in [-0.1, -0.05) is 25.1 Å². The van der Waals surface area contributed by atoms with E-state index in [1.807, 2.05) is 25.1 Å². The number of hydrogen-bond acceptors (Lipinski definition) is 2. The van der Waals surface area contributed by atoms with E-state index in [0.29, 0.717) is 0 Å². The van der Waals surface area contributed by atoms with E-state index in [0.717, 1.165) is 23.2 Å². The maximum Gasteiger partial charge on any atom is 0.321 e. The van der Waals surface area contributed by atoms with Crippen LogP contribution in [0.1, 0.15) is 18.1 Å². The third-order valence-electron chi connectivity index (χ3n) is 2.36. The molecule has 0 aliphatic heterocycles. The second-order valence-electron chi connectivity index (χ2n) is 3.53. The van der Waals surface area contributed by atoms with E-state index in [1.54, 1.807) is 0 Å². The highest BCUT2D eigenvalue weighted by Crippen LogP contribution is 2.20. The van der Waals surface area contributed by atoms with E-state index in [4.69, 9.17) is 4.74 Å². The summed E-state index contributed by atoms with van der Waals surface area (Å²) in [6, 6.07) is 5.74. The minimum Gasteiger partial charge on any atom is -0.364 e. The number of amides is 2. The van der Waals surface area contributed by atoms with Crippen molar-refractivity contribution in [1.29, 1.82) is 0 Å². The lowest BCUT2D eigenvalue weighted by Crippen LogP contribution is -2.30. The highest BCUT2D eigenvalue weighted by Gasteiger charge is 2.07. The van der Waals surface area contributed by atoms with Crippen molar-refractivity contribution in [3.63, 3.8) is 0 Å². The number of anilines is 1. The lowest BCUT2D eigenvalue weighted by atomic mass is 10.1. The minimum absolute atomic E-state index is 0.208. The highest BCUT2D eigenvalue weighted by molar-refractivity contribution is 5.90. The number of carbonyl (C=O) groups is 1. The number of urea groups is 1. The van der Waals surface area contributed by atoms with Crippen LogP contribution in [0.3, 0.4) is 0 Å². The normalized spacial score (nSPS) is 9.94. The number of benzene rings is 1. The first kappa shape index (κ1) is 12.5. The van der Waals surface area contributed by atoms with E-state index in [-0.39, 0.29) is 12.8 Å². The number of aryl methyl sites for hydroxylation is 2. The molecule has 88 valence electrons. The maximum atomic E-state index is 11.5. The molecule has 4 heteroatoms. The Morgan fingerprint density at radius 3 is 2.81 bits per heavy atom. The molecule has 1 aromatic carbocycles. The summed E-state index contributed by atoms with van der Waals surface area (Å²) >= 11 is 0. The lowest BCUT2D eigenvalue weighted by molar-refractivity contribution is 0.177. The van der Waals surface area contributed by atoms with Crippen LogP contribution in [-0.4, -0.2) is 19.9 Å². The van der Waals surface area contributed by atoms with Gasteiger partial charge >= 0.3 is 6.03 Å². The predicted molar refractivity (Wildman–Crippen MR) is 64.6 cm³/mol. The Balaban J connectivity index is 2.75. The van der Waals surface area contributed by atoms with Gasteiger partial charge in [0.25, 0.3) is 0 Å². The molecule has 2 N–H and O–H groups in total. The number of nitrogens with one attached hydrogen (secondary N) is 2. The highest BCUT2D eigenvalue weighted by atomic mass is 16.5. The average Bonchev–Trinajstić information content (AvgIpc) is 2.29. The van der Waals surface area contributed by atoms with Crippen LogP contribution >= 0.6 is 0 Å². The molecule has 0 aliphatic carbocycles. The Hall–Kier alpha value is -1.55. The van der Waals surface area contributed by atoms with Crippen LogP contribution in [0.25, 0.3) is 0 Å². The number of para-hydroxylation sites is 1. The summed E-state index contributed by atoms with van der Waals surface area (Å²) in [5, 5.41) is 5.42. The smallest absolute Gasteiger partial charge is 0.321 e. The number of methoxy groups -OCH3 is 1. The van der Waals surface area contributed by atoms with Gasteiger partial charge in [-0.15, -0.1) is 0 Å². The summed E-state index contributed by atoms with van der Waals surface area (Å²) in [6.45, 7) is 4.25. The molecule has 0 saturated heterocycles. The Bertz CT molecular complexity index is 364. The standard InChI is InChI=1S/C12H18N2O2/c1-4-10-7-5-6-9(2)11(10)14-12(15)13-8-16-3/h5-7H,4,8H2,1-3H3,(H2,13,14,15). The van der Waals surface area contributed by atoms with E-state index in [9.17, 15) is 4.79 Å². The summed E-state index contributed by atoms with van der Waals surface area (Å²) in [4.78, 5) is 11.5. The van der Waals surface area contributed by atoms with E-state index < -0.39 is 0 Å². The fourth-order valence-electron chi connectivity index (χ4n) is 1.50. The molecule has 1 aromatic rings. The van der Waals surface area contributed by atoms with Gasteiger partial charge in [-0.2, -0.15) is 0 Å². The van der Waals surface area contributed by atoms with Gasteiger partial charge in [0.1, 0.15) is 6.73 Å². The van der Waals surface area contributed by atoms with Gasteiger partial charge < -0.3 is 15.4 Å². The zero-order valence-corrected chi connectivity index (χ0v) is 9.96. The fraction of sp³-hybridized carbons (Fsp3) is 0.417. The summed E-state index contributed by atoms with van der Waals surface area (Å²) in [5.41, 5.74) is 3.08. The first-order valence-electron chi connectivity index (χ1n) is 5.31. The Morgan fingerprint density at radius 1 is 1.44 bits per heavy atom. The molecule has 0 aliphatic rings. The van der Waals surface area contributed by atoms with Gasteiger partial charge in [-0.05, 0) is 24.5 Å². The molecule has 16 heavy (non-hydrogen) atoms. The summed E-state index contributed by atoms with van der Waals surface area (Å²) in [7, 11) is 1.53. The molecule has 0 bridgehead atoms. The van der Waals surface area contributed by atoms with Crippen LogP contribution in [0.5, 0.6) is 0 Å². The third kappa shape index (κ3) is 3.24. The largest absolute Gasteiger partial charge is 0.364 e. The summed E-state index contributed by atoms with van der Waals surface area (Å²) in [5.74, 6) is 0. The van der Waals surface area contributed by atoms with Gasteiger partial charge in [0.05, 0.1) is 0 Å². The number of ether oxygens (including phenoxy) is 1. The molecule has 0 atom stereocenters. The average molecular weight is 222 g/mol. The number of carbonyl (C=O) groups excluding carboxylic acids is 1. The zero-order chi connectivity index (χ0) is 12.0. The molecule has 0 saturated carbocycles. The topological polar surface area (TPSA) is 50.4 Å². The molecule has 0 heterocycles. The lowest BCUT2D eigenvalue weighted by Gasteiger charge is -2.13. The van der Waals surface area contributed by atoms with Crippen LogP contribution in [-0.2, 0) is 11.2 Å². The Labute approximate surface area is 96.0 Å². The van der Waals surface area contributed by atoms with Crippen LogP contribution in [0.2, 0.25) is 0 Å². The van der Waals surface area contributed by atoms with E-state index in [2.05, 4.69) is 17.6 Å². The molecule has 2 amide bonds. The molecule has 0 fully saturated rings. The van der Waals surface area contributed by atoms with Gasteiger partial charge in [0.2, 0.25) is 0 Å². The third-order valence-corrected chi connectivity index (χ3v) is 2.36. The zero-order valence-electron chi connectivity index (χ0n) is 9.96. The molecule has 0 unspecified atom stereocenters. The van der Waals surface area contributed by atoms with Gasteiger partial charge in [-0.25, -0.2) is 4.79 Å². The van der Waals surface area contributed by atoms with Crippen LogP contribution < -0.4 is 10.6 Å². The van der Waals surface area contributed by atoms with E-state index in [1.165, 1.54) is 7.11 Å². The van der Waals surface area contributed by atoms with E-state index >= 15 is 0 Å². The molecule has 0 spiro atoms. The number of hydrogen-bond donors (Lipinski definition) is 2. The molecule has 0 radical (unpaired) electrons. The van der Waals surface area contributed by atoms with Gasteiger partial charge in [0, 0.05) is 12.8 Å². The van der Waals surface area contributed by atoms with Crippen molar-refractivity contribution in [1.82, 2.24) is 5.32 Å². The van der Waals surface area contributed by atoms with Crippen molar-refractivity contribution in [2.45, 2.75) is 20.3 Å². The molecular formula is C12H18N2O2. The van der Waals surface area contributed by atoms with Crippen molar-refractivity contribution in [2.24, 2.45) is 0 Å². The van der Waals surface area contributed by atoms with Gasteiger partial charge in [0.15, 0.2) is 0 Å².